The second-order valence-electron chi connectivity index (χ2n) is 10.0. The SMILES string of the molecule is C[Si](C)(C)CCCC(=O)O[C@@]1(c2ccc(-c3ccc(-c4cnco4)cc3)s2)CCCCS1(=O)=O. The molecule has 2 aromatic heterocycles. The fraction of sp³-hybridized carbons (Fsp3) is 0.440. The summed E-state index contributed by atoms with van der Waals surface area (Å²) in [5.41, 5.74) is 1.88. The van der Waals surface area contributed by atoms with Crippen molar-refractivity contribution in [2.75, 3.05) is 5.75 Å². The molecule has 34 heavy (non-hydrogen) atoms. The maximum Gasteiger partial charge on any atom is 0.307 e. The summed E-state index contributed by atoms with van der Waals surface area (Å²) < 4.78 is 37.9. The van der Waals surface area contributed by atoms with Crippen LogP contribution in [0.5, 0.6) is 0 Å². The first-order chi connectivity index (χ1) is 16.1. The van der Waals surface area contributed by atoms with Crippen LogP contribution in [0, 0.1) is 0 Å². The first-order valence-electron chi connectivity index (χ1n) is 11.6. The van der Waals surface area contributed by atoms with Crippen LogP contribution in [0.4, 0.5) is 0 Å². The van der Waals surface area contributed by atoms with Crippen LogP contribution in [0.15, 0.2) is 53.4 Å². The minimum atomic E-state index is -3.64. The van der Waals surface area contributed by atoms with Crippen LogP contribution >= 0.6 is 11.3 Å². The van der Waals surface area contributed by atoms with Gasteiger partial charge in [-0.1, -0.05) is 50.0 Å². The first kappa shape index (κ1) is 24.9. The van der Waals surface area contributed by atoms with Crippen molar-refractivity contribution >= 4 is 35.2 Å². The van der Waals surface area contributed by atoms with E-state index in [1.54, 1.807) is 6.20 Å². The Kier molecular flexibility index (Phi) is 7.16. The topological polar surface area (TPSA) is 86.5 Å². The predicted molar refractivity (Wildman–Crippen MR) is 138 cm³/mol. The number of rotatable bonds is 8. The molecule has 182 valence electrons. The zero-order valence-corrected chi connectivity index (χ0v) is 22.5. The van der Waals surface area contributed by atoms with Gasteiger partial charge in [0.1, 0.15) is 0 Å². The van der Waals surface area contributed by atoms with Gasteiger partial charge in [0.2, 0.25) is 4.93 Å². The zero-order chi connectivity index (χ0) is 24.4. The summed E-state index contributed by atoms with van der Waals surface area (Å²) >= 11 is 1.38. The highest BCUT2D eigenvalue weighted by Gasteiger charge is 2.51. The third-order valence-corrected chi connectivity index (χ3v) is 11.7. The number of benzene rings is 1. The Balaban J connectivity index is 1.59. The van der Waals surface area contributed by atoms with Gasteiger partial charge in [0.25, 0.3) is 0 Å². The smallest absolute Gasteiger partial charge is 0.307 e. The van der Waals surface area contributed by atoms with E-state index in [1.807, 2.05) is 36.4 Å². The molecule has 0 radical (unpaired) electrons. The molecule has 0 saturated carbocycles. The van der Waals surface area contributed by atoms with Crippen LogP contribution in [0.2, 0.25) is 25.7 Å². The number of carbonyl (C=O) groups excluding carboxylic acids is 1. The molecule has 3 aromatic rings. The van der Waals surface area contributed by atoms with E-state index >= 15 is 0 Å². The second kappa shape index (κ2) is 9.79. The van der Waals surface area contributed by atoms with Crippen molar-refractivity contribution in [1.29, 1.82) is 0 Å². The van der Waals surface area contributed by atoms with Crippen molar-refractivity contribution in [2.45, 2.75) is 62.7 Å². The van der Waals surface area contributed by atoms with E-state index in [1.165, 1.54) is 17.7 Å². The number of hydrogen-bond acceptors (Lipinski definition) is 7. The Morgan fingerprint density at radius 3 is 2.50 bits per heavy atom. The zero-order valence-electron chi connectivity index (χ0n) is 19.9. The minimum Gasteiger partial charge on any atom is -0.444 e. The van der Waals surface area contributed by atoms with E-state index in [4.69, 9.17) is 9.15 Å². The Hall–Kier alpha value is -2.23. The highest BCUT2D eigenvalue weighted by molar-refractivity contribution is 7.92. The molecule has 0 N–H and O–H groups in total. The van der Waals surface area contributed by atoms with Crippen molar-refractivity contribution < 1.29 is 22.4 Å². The van der Waals surface area contributed by atoms with Gasteiger partial charge in [-0.25, -0.2) is 13.4 Å². The number of hydrogen-bond donors (Lipinski definition) is 0. The number of carbonyl (C=O) groups is 1. The number of ether oxygens (including phenoxy) is 1. The van der Waals surface area contributed by atoms with Gasteiger partial charge in [-0.3, -0.25) is 4.79 Å². The number of thiophene rings is 1. The summed E-state index contributed by atoms with van der Waals surface area (Å²) in [6.07, 6.45) is 5.65. The van der Waals surface area contributed by atoms with Gasteiger partial charge in [0.15, 0.2) is 22.0 Å². The number of sulfone groups is 1. The third-order valence-electron chi connectivity index (χ3n) is 6.13. The maximum atomic E-state index is 13.3. The predicted octanol–water partition coefficient (Wildman–Crippen LogP) is 6.48. The van der Waals surface area contributed by atoms with Crippen molar-refractivity contribution in [3.63, 3.8) is 0 Å². The average molecular weight is 518 g/mol. The summed E-state index contributed by atoms with van der Waals surface area (Å²) in [5, 5.41) is 0. The van der Waals surface area contributed by atoms with Crippen LogP contribution in [0.25, 0.3) is 21.8 Å². The lowest BCUT2D eigenvalue weighted by Crippen LogP contribution is -2.44. The summed E-state index contributed by atoms with van der Waals surface area (Å²) in [4.78, 5) is 16.7. The molecule has 1 aromatic carbocycles. The largest absolute Gasteiger partial charge is 0.444 e. The molecule has 0 aliphatic carbocycles. The standard InChI is InChI=1S/C25H31NO5S2Si/c1-34(2,3)16-6-7-24(27)31-25(14-4-5-15-33(25,28)29)23-13-12-22(32-23)20-10-8-19(9-11-20)21-17-26-18-30-21/h8-13,17-18H,4-7,14-16H2,1-3H3/t25-/m0/s1. The fourth-order valence-electron chi connectivity index (χ4n) is 4.26. The van der Waals surface area contributed by atoms with Crippen LogP contribution in [-0.2, 0) is 24.3 Å². The van der Waals surface area contributed by atoms with Crippen LogP contribution in [0.1, 0.15) is 37.0 Å². The summed E-state index contributed by atoms with van der Waals surface area (Å²) in [5.74, 6) is 0.302. The summed E-state index contributed by atoms with van der Waals surface area (Å²) in [6.45, 7) is 6.78. The van der Waals surface area contributed by atoms with E-state index in [9.17, 15) is 13.2 Å². The molecule has 0 amide bonds. The lowest BCUT2D eigenvalue weighted by atomic mass is 10.1. The molecule has 1 saturated heterocycles. The van der Waals surface area contributed by atoms with Gasteiger partial charge in [-0.05, 0) is 37.0 Å². The van der Waals surface area contributed by atoms with E-state index in [0.717, 1.165) is 28.5 Å². The van der Waals surface area contributed by atoms with Crippen molar-refractivity contribution in [3.05, 3.63) is 53.9 Å². The molecule has 0 spiro atoms. The molecule has 1 aliphatic heterocycles. The van der Waals surface area contributed by atoms with E-state index < -0.39 is 28.8 Å². The highest BCUT2D eigenvalue weighted by Crippen LogP contribution is 2.46. The van der Waals surface area contributed by atoms with E-state index in [-0.39, 0.29) is 12.2 Å². The van der Waals surface area contributed by atoms with Crippen LogP contribution in [0.3, 0.4) is 0 Å². The second-order valence-corrected chi connectivity index (χ2v) is 19.0. The minimum absolute atomic E-state index is 0.0360. The maximum absolute atomic E-state index is 13.3. The highest BCUT2D eigenvalue weighted by atomic mass is 32.2. The van der Waals surface area contributed by atoms with Crippen molar-refractivity contribution in [2.24, 2.45) is 0 Å². The monoisotopic (exact) mass is 517 g/mol. The fourth-order valence-corrected chi connectivity index (χ4v) is 9.03. The van der Waals surface area contributed by atoms with Gasteiger partial charge in [0.05, 0.1) is 16.8 Å². The molecule has 0 unspecified atom stereocenters. The van der Waals surface area contributed by atoms with Gasteiger partial charge in [0, 0.05) is 31.4 Å². The lowest BCUT2D eigenvalue weighted by Gasteiger charge is -2.35. The Morgan fingerprint density at radius 2 is 1.85 bits per heavy atom. The van der Waals surface area contributed by atoms with E-state index in [2.05, 4.69) is 24.6 Å². The van der Waals surface area contributed by atoms with E-state index in [0.29, 0.717) is 29.9 Å². The molecular formula is C25H31NO5S2Si. The molecule has 4 rings (SSSR count). The molecular weight excluding hydrogens is 486 g/mol. The summed E-state index contributed by atoms with van der Waals surface area (Å²) in [7, 11) is -4.91. The summed E-state index contributed by atoms with van der Waals surface area (Å²) in [6, 6.07) is 12.6. The normalized spacial score (nSPS) is 20.2. The molecule has 1 fully saturated rings. The molecule has 0 bridgehead atoms. The van der Waals surface area contributed by atoms with Crippen molar-refractivity contribution in [1.82, 2.24) is 4.98 Å². The van der Waals surface area contributed by atoms with Gasteiger partial charge in [-0.2, -0.15) is 0 Å². The van der Waals surface area contributed by atoms with Crippen LogP contribution in [-0.4, -0.2) is 33.2 Å². The molecule has 3 heterocycles. The van der Waals surface area contributed by atoms with Gasteiger partial charge >= 0.3 is 5.97 Å². The number of esters is 1. The average Bonchev–Trinajstić information content (AvgIpc) is 3.47. The molecule has 1 aliphatic rings. The number of oxazole rings is 1. The van der Waals surface area contributed by atoms with Gasteiger partial charge in [-0.15, -0.1) is 11.3 Å². The Labute approximate surface area is 206 Å². The lowest BCUT2D eigenvalue weighted by molar-refractivity contribution is -0.153. The molecule has 9 heteroatoms. The first-order valence-corrected chi connectivity index (χ1v) is 17.8. The molecule has 6 nitrogen and oxygen atoms in total. The molecule has 1 atom stereocenters. The van der Waals surface area contributed by atoms with Crippen molar-refractivity contribution in [3.8, 4) is 21.8 Å². The van der Waals surface area contributed by atoms with Crippen LogP contribution < -0.4 is 0 Å². The number of nitrogens with zero attached hydrogens (tertiary/aromatic N) is 1. The number of aromatic nitrogens is 1. The third kappa shape index (κ3) is 5.36. The Bertz CT molecular complexity index is 1230. The van der Waals surface area contributed by atoms with Gasteiger partial charge < -0.3 is 9.15 Å². The quantitative estimate of drug-likeness (QED) is 0.251. The Morgan fingerprint density at radius 1 is 1.12 bits per heavy atom.